The zero-order valence-electron chi connectivity index (χ0n) is 12.9. The first kappa shape index (κ1) is 17.5. The van der Waals surface area contributed by atoms with E-state index in [2.05, 4.69) is 6.92 Å². The third-order valence-electron chi connectivity index (χ3n) is 3.47. The van der Waals surface area contributed by atoms with Crippen molar-refractivity contribution >= 4 is 5.91 Å². The minimum Gasteiger partial charge on any atom is -0.494 e. The Bertz CT molecular complexity index is 435. The summed E-state index contributed by atoms with van der Waals surface area (Å²) in [6.07, 6.45) is 9.86. The SMILES string of the molecule is CCCCCCCCCCOc1ccc(F)c(C(N)=O)c1. The van der Waals surface area contributed by atoms with Crippen LogP contribution >= 0.6 is 0 Å². The number of ether oxygens (including phenoxy) is 1. The number of carbonyl (C=O) groups is 1. The third-order valence-corrected chi connectivity index (χ3v) is 3.47. The van der Waals surface area contributed by atoms with Gasteiger partial charge >= 0.3 is 0 Å². The number of hydrogen-bond donors (Lipinski definition) is 1. The molecule has 0 aromatic heterocycles. The van der Waals surface area contributed by atoms with Crippen molar-refractivity contribution in [3.8, 4) is 5.75 Å². The van der Waals surface area contributed by atoms with E-state index in [-0.39, 0.29) is 5.56 Å². The highest BCUT2D eigenvalue weighted by Crippen LogP contribution is 2.17. The molecule has 0 saturated carbocycles. The van der Waals surface area contributed by atoms with Crippen LogP contribution in [0.5, 0.6) is 5.75 Å². The number of amides is 1. The lowest BCUT2D eigenvalue weighted by atomic mass is 10.1. The van der Waals surface area contributed by atoms with Crippen molar-refractivity contribution in [2.75, 3.05) is 6.61 Å². The van der Waals surface area contributed by atoms with Gasteiger partial charge in [-0.15, -0.1) is 0 Å². The summed E-state index contributed by atoms with van der Waals surface area (Å²) in [4.78, 5) is 11.0. The summed E-state index contributed by atoms with van der Waals surface area (Å²) in [6.45, 7) is 2.80. The molecule has 4 heteroatoms. The summed E-state index contributed by atoms with van der Waals surface area (Å²) in [6, 6.07) is 4.10. The summed E-state index contributed by atoms with van der Waals surface area (Å²) in [5.41, 5.74) is 4.97. The predicted octanol–water partition coefficient (Wildman–Crippen LogP) is 4.44. The lowest BCUT2D eigenvalue weighted by Gasteiger charge is -2.07. The van der Waals surface area contributed by atoms with Gasteiger partial charge in [0.15, 0.2) is 0 Å². The summed E-state index contributed by atoms with van der Waals surface area (Å²) < 4.78 is 18.8. The number of primary amides is 1. The smallest absolute Gasteiger partial charge is 0.251 e. The van der Waals surface area contributed by atoms with Gasteiger partial charge in [0.1, 0.15) is 11.6 Å². The summed E-state index contributed by atoms with van der Waals surface area (Å²) in [7, 11) is 0. The Morgan fingerprint density at radius 1 is 1.10 bits per heavy atom. The van der Waals surface area contributed by atoms with Gasteiger partial charge in [0.05, 0.1) is 12.2 Å². The van der Waals surface area contributed by atoms with Crippen LogP contribution in [0.2, 0.25) is 0 Å². The second kappa shape index (κ2) is 10.2. The molecule has 0 atom stereocenters. The highest BCUT2D eigenvalue weighted by atomic mass is 19.1. The minimum atomic E-state index is -0.773. The number of rotatable bonds is 11. The van der Waals surface area contributed by atoms with E-state index in [0.717, 1.165) is 12.8 Å². The Kier molecular flexibility index (Phi) is 8.48. The van der Waals surface area contributed by atoms with Crippen molar-refractivity contribution in [2.24, 2.45) is 5.73 Å². The molecule has 0 aliphatic heterocycles. The van der Waals surface area contributed by atoms with Gasteiger partial charge in [-0.3, -0.25) is 4.79 Å². The molecule has 1 aromatic rings. The first-order valence-electron chi connectivity index (χ1n) is 7.87. The Hall–Kier alpha value is -1.58. The lowest BCUT2D eigenvalue weighted by molar-refractivity contribution is 0.0996. The summed E-state index contributed by atoms with van der Waals surface area (Å²) >= 11 is 0. The van der Waals surface area contributed by atoms with Gasteiger partial charge in [-0.2, -0.15) is 0 Å². The quantitative estimate of drug-likeness (QED) is 0.613. The van der Waals surface area contributed by atoms with Gasteiger partial charge in [-0.05, 0) is 24.6 Å². The second-order valence-corrected chi connectivity index (χ2v) is 5.33. The molecule has 0 aliphatic rings. The van der Waals surface area contributed by atoms with E-state index in [4.69, 9.17) is 10.5 Å². The highest BCUT2D eigenvalue weighted by molar-refractivity contribution is 5.93. The van der Waals surface area contributed by atoms with Gasteiger partial charge in [-0.25, -0.2) is 4.39 Å². The Labute approximate surface area is 126 Å². The van der Waals surface area contributed by atoms with Crippen LogP contribution in [-0.2, 0) is 0 Å². The van der Waals surface area contributed by atoms with Crippen LogP contribution in [0.1, 0.15) is 68.6 Å². The molecule has 2 N–H and O–H groups in total. The minimum absolute atomic E-state index is 0.122. The molecule has 0 fully saturated rings. The van der Waals surface area contributed by atoms with Crippen LogP contribution in [-0.4, -0.2) is 12.5 Å². The topological polar surface area (TPSA) is 52.3 Å². The second-order valence-electron chi connectivity index (χ2n) is 5.33. The molecule has 118 valence electrons. The number of halogens is 1. The molecule has 0 saturated heterocycles. The zero-order valence-corrected chi connectivity index (χ0v) is 12.9. The number of unbranched alkanes of at least 4 members (excludes halogenated alkanes) is 7. The maximum atomic E-state index is 13.3. The fourth-order valence-corrected chi connectivity index (χ4v) is 2.21. The first-order chi connectivity index (χ1) is 10.1. The van der Waals surface area contributed by atoms with Gasteiger partial charge in [0, 0.05) is 0 Å². The fourth-order valence-electron chi connectivity index (χ4n) is 2.21. The standard InChI is InChI=1S/C17H26FNO2/c1-2-3-4-5-6-7-8-9-12-21-14-10-11-16(18)15(13-14)17(19)20/h10-11,13H,2-9,12H2,1H3,(H2,19,20). The fraction of sp³-hybridized carbons (Fsp3) is 0.588. The van der Waals surface area contributed by atoms with Crippen LogP contribution in [0, 0.1) is 5.82 Å². The molecule has 0 bridgehead atoms. The maximum absolute atomic E-state index is 13.3. The monoisotopic (exact) mass is 295 g/mol. The third kappa shape index (κ3) is 7.11. The number of nitrogens with two attached hydrogens (primary N) is 1. The molecule has 0 radical (unpaired) electrons. The maximum Gasteiger partial charge on any atom is 0.251 e. The first-order valence-corrected chi connectivity index (χ1v) is 7.87. The average molecular weight is 295 g/mol. The van der Waals surface area contributed by atoms with Crippen LogP contribution < -0.4 is 10.5 Å². The van der Waals surface area contributed by atoms with Gasteiger partial charge < -0.3 is 10.5 Å². The average Bonchev–Trinajstić information content (AvgIpc) is 2.47. The van der Waals surface area contributed by atoms with E-state index in [9.17, 15) is 9.18 Å². The number of benzene rings is 1. The van der Waals surface area contributed by atoms with E-state index < -0.39 is 11.7 Å². The van der Waals surface area contributed by atoms with Crippen molar-refractivity contribution in [2.45, 2.75) is 58.3 Å². The number of carbonyl (C=O) groups excluding carboxylic acids is 1. The Morgan fingerprint density at radius 2 is 1.71 bits per heavy atom. The van der Waals surface area contributed by atoms with Gasteiger partial charge in [-0.1, -0.05) is 51.9 Å². The molecule has 21 heavy (non-hydrogen) atoms. The molecule has 1 aromatic carbocycles. The molecule has 0 spiro atoms. The molecule has 0 heterocycles. The van der Waals surface area contributed by atoms with Crippen molar-refractivity contribution in [3.05, 3.63) is 29.6 Å². The Morgan fingerprint density at radius 3 is 2.33 bits per heavy atom. The molecule has 3 nitrogen and oxygen atoms in total. The molecule has 1 rings (SSSR count). The van der Waals surface area contributed by atoms with E-state index >= 15 is 0 Å². The predicted molar refractivity (Wildman–Crippen MR) is 83.0 cm³/mol. The molecular weight excluding hydrogens is 269 g/mol. The number of hydrogen-bond acceptors (Lipinski definition) is 2. The van der Waals surface area contributed by atoms with E-state index in [1.807, 2.05) is 0 Å². The van der Waals surface area contributed by atoms with E-state index in [0.29, 0.717) is 12.4 Å². The van der Waals surface area contributed by atoms with E-state index in [1.165, 1.54) is 56.7 Å². The van der Waals surface area contributed by atoms with Crippen LogP contribution in [0.25, 0.3) is 0 Å². The lowest BCUT2D eigenvalue weighted by Crippen LogP contribution is -2.13. The van der Waals surface area contributed by atoms with Crippen molar-refractivity contribution in [1.29, 1.82) is 0 Å². The normalized spacial score (nSPS) is 10.6. The Balaban J connectivity index is 2.16. The summed E-state index contributed by atoms with van der Waals surface area (Å²) in [5.74, 6) is -0.889. The molecule has 1 amide bonds. The summed E-state index contributed by atoms with van der Waals surface area (Å²) in [5, 5.41) is 0. The van der Waals surface area contributed by atoms with Crippen LogP contribution in [0.15, 0.2) is 18.2 Å². The van der Waals surface area contributed by atoms with Crippen molar-refractivity contribution < 1.29 is 13.9 Å². The molecular formula is C17H26FNO2. The van der Waals surface area contributed by atoms with Gasteiger partial charge in [0.25, 0.3) is 5.91 Å². The van der Waals surface area contributed by atoms with Crippen LogP contribution in [0.3, 0.4) is 0 Å². The van der Waals surface area contributed by atoms with Crippen LogP contribution in [0.4, 0.5) is 4.39 Å². The largest absolute Gasteiger partial charge is 0.494 e. The zero-order chi connectivity index (χ0) is 15.5. The highest BCUT2D eigenvalue weighted by Gasteiger charge is 2.09. The van der Waals surface area contributed by atoms with Crippen molar-refractivity contribution in [3.63, 3.8) is 0 Å². The van der Waals surface area contributed by atoms with Crippen molar-refractivity contribution in [1.82, 2.24) is 0 Å². The van der Waals surface area contributed by atoms with E-state index in [1.54, 1.807) is 0 Å². The molecule has 0 aliphatic carbocycles. The molecule has 0 unspecified atom stereocenters. The van der Waals surface area contributed by atoms with Gasteiger partial charge in [0.2, 0.25) is 0 Å².